The molecule has 2 rings (SSSR count). The van der Waals surface area contributed by atoms with Gasteiger partial charge in [-0.05, 0) is 23.6 Å². The monoisotopic (exact) mass is 296 g/mol. The molecule has 5 heteroatoms. The van der Waals surface area contributed by atoms with Crippen LogP contribution in [0.2, 0.25) is 5.02 Å². The van der Waals surface area contributed by atoms with Crippen LogP contribution in [0.5, 0.6) is 0 Å². The van der Waals surface area contributed by atoms with Crippen molar-refractivity contribution < 1.29 is 4.79 Å². The number of carbonyl (C=O) groups is 1. The van der Waals surface area contributed by atoms with Gasteiger partial charge in [-0.2, -0.15) is 0 Å². The van der Waals surface area contributed by atoms with E-state index in [1.165, 1.54) is 11.3 Å². The van der Waals surface area contributed by atoms with Crippen LogP contribution in [0.4, 0.5) is 5.69 Å². The number of benzene rings is 1. The fourth-order valence-corrected chi connectivity index (χ4v) is 2.88. The molecule has 0 unspecified atom stereocenters. The first kappa shape index (κ1) is 14.2. The minimum atomic E-state index is -0.121. The van der Waals surface area contributed by atoms with Gasteiger partial charge in [0, 0.05) is 21.7 Å². The highest BCUT2D eigenvalue weighted by atomic mass is 35.5. The molecule has 19 heavy (non-hydrogen) atoms. The summed E-state index contributed by atoms with van der Waals surface area (Å²) in [4.78, 5) is 12.7. The van der Waals surface area contributed by atoms with Crippen LogP contribution in [-0.4, -0.2) is 12.5 Å². The number of amides is 1. The third kappa shape index (κ3) is 3.19. The van der Waals surface area contributed by atoms with Crippen molar-refractivity contribution in [1.29, 1.82) is 0 Å². The number of halogens is 1. The van der Waals surface area contributed by atoms with Gasteiger partial charge in [-0.15, -0.1) is 11.3 Å². The van der Waals surface area contributed by atoms with Crippen molar-refractivity contribution in [1.82, 2.24) is 5.32 Å². The zero-order valence-corrected chi connectivity index (χ0v) is 12.8. The number of nitrogens with one attached hydrogen (secondary N) is 1. The summed E-state index contributed by atoms with van der Waals surface area (Å²) in [7, 11) is 0. The number of nitrogen functional groups attached to an aromatic ring is 1. The van der Waals surface area contributed by atoms with E-state index in [0.29, 0.717) is 22.1 Å². The van der Waals surface area contributed by atoms with Crippen LogP contribution in [0.15, 0.2) is 18.2 Å². The predicted octanol–water partition coefficient (Wildman–Crippen LogP) is 3.91. The molecule has 1 heterocycles. The predicted molar refractivity (Wildman–Crippen MR) is 83.0 cm³/mol. The quantitative estimate of drug-likeness (QED) is 0.882. The first-order chi connectivity index (χ1) is 8.78. The lowest BCUT2D eigenvalue weighted by Crippen LogP contribution is -2.32. The van der Waals surface area contributed by atoms with Gasteiger partial charge in [0.25, 0.3) is 5.91 Å². The van der Waals surface area contributed by atoms with Crippen molar-refractivity contribution >= 4 is 44.6 Å². The van der Waals surface area contributed by atoms with Crippen LogP contribution in [0.1, 0.15) is 30.4 Å². The molecule has 0 saturated carbocycles. The molecule has 0 aliphatic carbocycles. The number of fused-ring (bicyclic) bond motifs is 1. The average Bonchev–Trinajstić information content (AvgIpc) is 2.63. The van der Waals surface area contributed by atoms with Crippen molar-refractivity contribution in [2.75, 3.05) is 12.3 Å². The molecule has 1 amide bonds. The van der Waals surface area contributed by atoms with Crippen molar-refractivity contribution in [3.05, 3.63) is 28.1 Å². The molecule has 2 aromatic rings. The van der Waals surface area contributed by atoms with E-state index >= 15 is 0 Å². The Morgan fingerprint density at radius 2 is 2.11 bits per heavy atom. The molecule has 0 atom stereocenters. The highest BCUT2D eigenvalue weighted by Crippen LogP contribution is 2.35. The number of nitrogens with two attached hydrogens (primary N) is 1. The second-order valence-electron chi connectivity index (χ2n) is 5.73. The largest absolute Gasteiger partial charge is 0.397 e. The van der Waals surface area contributed by atoms with E-state index in [0.717, 1.165) is 10.1 Å². The van der Waals surface area contributed by atoms with E-state index < -0.39 is 0 Å². The summed E-state index contributed by atoms with van der Waals surface area (Å²) in [5.74, 6) is -0.121. The summed E-state index contributed by atoms with van der Waals surface area (Å²) in [6, 6.07) is 5.49. The first-order valence-electron chi connectivity index (χ1n) is 6.04. The lowest BCUT2D eigenvalue weighted by Gasteiger charge is -2.18. The summed E-state index contributed by atoms with van der Waals surface area (Å²) < 4.78 is 0.975. The fourth-order valence-electron chi connectivity index (χ4n) is 1.68. The third-order valence-corrected chi connectivity index (χ3v) is 4.09. The summed E-state index contributed by atoms with van der Waals surface area (Å²) in [6.45, 7) is 6.82. The molecule has 0 aliphatic heterocycles. The van der Waals surface area contributed by atoms with Gasteiger partial charge in [-0.25, -0.2) is 0 Å². The Balaban J connectivity index is 2.30. The topological polar surface area (TPSA) is 55.1 Å². The molecular weight excluding hydrogens is 280 g/mol. The molecule has 0 bridgehead atoms. The minimum absolute atomic E-state index is 0.0460. The van der Waals surface area contributed by atoms with Crippen LogP contribution in [0, 0.1) is 5.41 Å². The van der Waals surface area contributed by atoms with Gasteiger partial charge in [0.05, 0.1) is 5.69 Å². The maximum atomic E-state index is 12.2. The molecule has 3 N–H and O–H groups in total. The van der Waals surface area contributed by atoms with Gasteiger partial charge >= 0.3 is 0 Å². The van der Waals surface area contributed by atoms with Crippen molar-refractivity contribution in [3.8, 4) is 0 Å². The van der Waals surface area contributed by atoms with Crippen LogP contribution in [0.3, 0.4) is 0 Å². The van der Waals surface area contributed by atoms with E-state index in [1.807, 2.05) is 6.07 Å². The van der Waals surface area contributed by atoms with Crippen LogP contribution < -0.4 is 11.1 Å². The second kappa shape index (κ2) is 5.02. The Bertz CT molecular complexity index is 628. The zero-order chi connectivity index (χ0) is 14.2. The van der Waals surface area contributed by atoms with Crippen molar-refractivity contribution in [2.24, 2.45) is 5.41 Å². The smallest absolute Gasteiger partial charge is 0.263 e. The van der Waals surface area contributed by atoms with E-state index in [1.54, 1.807) is 12.1 Å². The molecule has 102 valence electrons. The SMILES string of the molecule is CC(C)(C)CNC(=O)c1sc2ccc(Cl)cc2c1N. The van der Waals surface area contributed by atoms with E-state index in [2.05, 4.69) is 26.1 Å². The average molecular weight is 297 g/mol. The van der Waals surface area contributed by atoms with E-state index in [9.17, 15) is 4.79 Å². The minimum Gasteiger partial charge on any atom is -0.397 e. The number of anilines is 1. The van der Waals surface area contributed by atoms with E-state index in [-0.39, 0.29) is 11.3 Å². The van der Waals surface area contributed by atoms with Crippen molar-refractivity contribution in [2.45, 2.75) is 20.8 Å². The fraction of sp³-hybridized carbons (Fsp3) is 0.357. The molecule has 0 saturated heterocycles. The highest BCUT2D eigenvalue weighted by Gasteiger charge is 2.18. The Kier molecular flexibility index (Phi) is 3.74. The second-order valence-corrected chi connectivity index (χ2v) is 7.22. The molecular formula is C14H17ClN2OS. The van der Waals surface area contributed by atoms with E-state index in [4.69, 9.17) is 17.3 Å². The summed E-state index contributed by atoms with van der Waals surface area (Å²) in [5.41, 5.74) is 6.59. The van der Waals surface area contributed by atoms with Crippen LogP contribution >= 0.6 is 22.9 Å². The number of rotatable bonds is 2. The van der Waals surface area contributed by atoms with Gasteiger partial charge in [0.1, 0.15) is 4.88 Å². The Hall–Kier alpha value is -1.26. The Labute approximate surface area is 121 Å². The third-order valence-electron chi connectivity index (χ3n) is 2.67. The Morgan fingerprint density at radius 3 is 2.74 bits per heavy atom. The van der Waals surface area contributed by atoms with Crippen molar-refractivity contribution in [3.63, 3.8) is 0 Å². The molecule has 0 spiro atoms. The van der Waals surface area contributed by atoms with Gasteiger partial charge in [0.2, 0.25) is 0 Å². The number of hydrogen-bond donors (Lipinski definition) is 2. The van der Waals surface area contributed by atoms with Gasteiger partial charge in [-0.3, -0.25) is 4.79 Å². The molecule has 1 aromatic carbocycles. The van der Waals surface area contributed by atoms with Gasteiger partial charge < -0.3 is 11.1 Å². The maximum Gasteiger partial charge on any atom is 0.263 e. The van der Waals surface area contributed by atoms with Crippen LogP contribution in [-0.2, 0) is 0 Å². The van der Waals surface area contributed by atoms with Gasteiger partial charge in [-0.1, -0.05) is 32.4 Å². The zero-order valence-electron chi connectivity index (χ0n) is 11.2. The van der Waals surface area contributed by atoms with Crippen LogP contribution in [0.25, 0.3) is 10.1 Å². The number of hydrogen-bond acceptors (Lipinski definition) is 3. The molecule has 0 fully saturated rings. The normalized spacial score (nSPS) is 11.8. The first-order valence-corrected chi connectivity index (χ1v) is 7.23. The summed E-state index contributed by atoms with van der Waals surface area (Å²) in [5, 5.41) is 4.38. The number of carbonyl (C=O) groups excluding carboxylic acids is 1. The summed E-state index contributed by atoms with van der Waals surface area (Å²) in [6.07, 6.45) is 0. The molecule has 3 nitrogen and oxygen atoms in total. The number of thiophene rings is 1. The standard InChI is InChI=1S/C14H17ClN2OS/c1-14(2,3)7-17-13(18)12-11(16)9-6-8(15)4-5-10(9)19-12/h4-6H,7,16H2,1-3H3,(H,17,18). The summed E-state index contributed by atoms with van der Waals surface area (Å²) >= 11 is 7.34. The molecule has 1 aromatic heterocycles. The lowest BCUT2D eigenvalue weighted by molar-refractivity contribution is 0.0944. The maximum absolute atomic E-state index is 12.2. The highest BCUT2D eigenvalue weighted by molar-refractivity contribution is 7.21. The lowest BCUT2D eigenvalue weighted by atomic mass is 9.97. The van der Waals surface area contributed by atoms with Gasteiger partial charge in [0.15, 0.2) is 0 Å². The molecule has 0 aliphatic rings. The Morgan fingerprint density at radius 1 is 1.42 bits per heavy atom. The molecule has 0 radical (unpaired) electrons.